The lowest BCUT2D eigenvalue weighted by Crippen LogP contribution is -2.52. The number of hydrogen-bond acceptors (Lipinski definition) is 3. The van der Waals surface area contributed by atoms with Crippen molar-refractivity contribution < 1.29 is 8.42 Å². The predicted octanol–water partition coefficient (Wildman–Crippen LogP) is 1.76. The van der Waals surface area contributed by atoms with Crippen LogP contribution < -0.4 is 0 Å². The molecule has 0 amide bonds. The van der Waals surface area contributed by atoms with Gasteiger partial charge in [0.25, 0.3) is 0 Å². The molecule has 4 nitrogen and oxygen atoms in total. The smallest absolute Gasteiger partial charge is 0.211 e. The van der Waals surface area contributed by atoms with Gasteiger partial charge in [-0.3, -0.25) is 4.90 Å². The van der Waals surface area contributed by atoms with Crippen LogP contribution in [0.5, 0.6) is 0 Å². The molecule has 0 radical (unpaired) electrons. The van der Waals surface area contributed by atoms with Crippen molar-refractivity contribution in [2.24, 2.45) is 0 Å². The van der Waals surface area contributed by atoms with E-state index in [4.69, 9.17) is 0 Å². The lowest BCUT2D eigenvalue weighted by Gasteiger charge is -2.38. The second kappa shape index (κ2) is 6.07. The average Bonchev–Trinajstić information content (AvgIpc) is 2.30. The minimum absolute atomic E-state index is 0.251. The fourth-order valence-corrected chi connectivity index (χ4v) is 3.88. The summed E-state index contributed by atoms with van der Waals surface area (Å²) in [5.74, 6) is 0. The molecule has 1 heterocycles. The maximum Gasteiger partial charge on any atom is 0.211 e. The van der Waals surface area contributed by atoms with E-state index < -0.39 is 10.0 Å². The van der Waals surface area contributed by atoms with Gasteiger partial charge in [0.1, 0.15) is 0 Å². The molecule has 106 valence electrons. The Morgan fingerprint density at radius 3 is 2.68 bits per heavy atom. The van der Waals surface area contributed by atoms with Crippen LogP contribution in [-0.4, -0.2) is 49.6 Å². The van der Waals surface area contributed by atoms with E-state index in [1.165, 1.54) is 15.4 Å². The maximum atomic E-state index is 11.5. The van der Waals surface area contributed by atoms with Gasteiger partial charge in [-0.1, -0.05) is 12.1 Å². The summed E-state index contributed by atoms with van der Waals surface area (Å²) in [7, 11) is -3.06. The Balaban J connectivity index is 2.01. The number of nitrogens with zero attached hydrogens (tertiary/aromatic N) is 2. The number of piperazine rings is 1. The van der Waals surface area contributed by atoms with Gasteiger partial charge in [-0.2, -0.15) is 4.31 Å². The topological polar surface area (TPSA) is 40.6 Å². The highest BCUT2D eigenvalue weighted by Gasteiger charge is 2.28. The van der Waals surface area contributed by atoms with Crippen molar-refractivity contribution in [1.82, 2.24) is 9.21 Å². The van der Waals surface area contributed by atoms with E-state index in [1.807, 2.05) is 0 Å². The highest BCUT2D eigenvalue weighted by Crippen LogP contribution is 2.17. The van der Waals surface area contributed by atoms with Gasteiger partial charge in [0.05, 0.1) is 6.26 Å². The second-order valence-electron chi connectivity index (χ2n) is 5.07. The third kappa shape index (κ3) is 4.14. The summed E-state index contributed by atoms with van der Waals surface area (Å²) in [5.41, 5.74) is 1.28. The number of halogens is 1. The molecular weight excluding hydrogens is 375 g/mol. The van der Waals surface area contributed by atoms with Crippen LogP contribution in [0.25, 0.3) is 0 Å². The van der Waals surface area contributed by atoms with Crippen LogP contribution in [0.2, 0.25) is 0 Å². The molecule has 1 unspecified atom stereocenters. The van der Waals surface area contributed by atoms with Crippen molar-refractivity contribution in [3.8, 4) is 0 Å². The zero-order valence-electron chi connectivity index (χ0n) is 11.2. The molecule has 0 aromatic heterocycles. The van der Waals surface area contributed by atoms with E-state index in [1.54, 1.807) is 4.31 Å². The standard InChI is InChI=1S/C13H19IN2O2S/c1-11-9-16(19(2,17)18)7-6-15(11)10-12-4-3-5-13(14)8-12/h3-5,8,11H,6-7,9-10H2,1-2H3. The molecule has 1 aromatic carbocycles. The van der Waals surface area contributed by atoms with E-state index in [0.717, 1.165) is 13.1 Å². The molecule has 0 N–H and O–H groups in total. The third-order valence-electron chi connectivity index (χ3n) is 3.47. The van der Waals surface area contributed by atoms with Gasteiger partial charge in [0.15, 0.2) is 0 Å². The first-order valence-electron chi connectivity index (χ1n) is 6.30. The van der Waals surface area contributed by atoms with Crippen molar-refractivity contribution in [2.45, 2.75) is 19.5 Å². The molecule has 1 aliphatic heterocycles. The highest BCUT2D eigenvalue weighted by atomic mass is 127. The summed E-state index contributed by atoms with van der Waals surface area (Å²) in [5, 5.41) is 0. The van der Waals surface area contributed by atoms with Crippen molar-refractivity contribution in [3.05, 3.63) is 33.4 Å². The molecule has 1 aliphatic rings. The molecule has 0 spiro atoms. The van der Waals surface area contributed by atoms with E-state index in [9.17, 15) is 8.42 Å². The SMILES string of the molecule is CC1CN(S(C)(=O)=O)CCN1Cc1cccc(I)c1. The molecule has 2 rings (SSSR count). The minimum atomic E-state index is -3.06. The van der Waals surface area contributed by atoms with Crippen LogP contribution >= 0.6 is 22.6 Å². The summed E-state index contributed by atoms with van der Waals surface area (Å²) in [6.07, 6.45) is 1.29. The van der Waals surface area contributed by atoms with Crippen LogP contribution in [-0.2, 0) is 16.6 Å². The van der Waals surface area contributed by atoms with Crippen molar-refractivity contribution in [1.29, 1.82) is 0 Å². The summed E-state index contributed by atoms with van der Waals surface area (Å²) in [4.78, 5) is 2.34. The van der Waals surface area contributed by atoms with E-state index in [-0.39, 0.29) is 6.04 Å². The molecule has 19 heavy (non-hydrogen) atoms. The Bertz CT molecular complexity index is 547. The fourth-order valence-electron chi connectivity index (χ4n) is 2.37. The molecule has 1 fully saturated rings. The molecule has 0 aliphatic carbocycles. The van der Waals surface area contributed by atoms with Gasteiger partial charge in [-0.25, -0.2) is 8.42 Å². The Morgan fingerprint density at radius 1 is 1.37 bits per heavy atom. The first kappa shape index (κ1) is 15.2. The van der Waals surface area contributed by atoms with E-state index >= 15 is 0 Å². The third-order valence-corrected chi connectivity index (χ3v) is 5.41. The van der Waals surface area contributed by atoms with Crippen LogP contribution in [0, 0.1) is 3.57 Å². The zero-order chi connectivity index (χ0) is 14.0. The molecule has 1 saturated heterocycles. The number of rotatable bonds is 3. The van der Waals surface area contributed by atoms with Crippen LogP contribution in [0.4, 0.5) is 0 Å². The number of benzene rings is 1. The molecule has 0 bridgehead atoms. The Kier molecular flexibility index (Phi) is 4.86. The van der Waals surface area contributed by atoms with Crippen LogP contribution in [0.15, 0.2) is 24.3 Å². The molecule has 6 heteroatoms. The van der Waals surface area contributed by atoms with Crippen molar-refractivity contribution in [2.75, 3.05) is 25.9 Å². The lowest BCUT2D eigenvalue weighted by atomic mass is 10.1. The fraction of sp³-hybridized carbons (Fsp3) is 0.538. The monoisotopic (exact) mass is 394 g/mol. The van der Waals surface area contributed by atoms with Gasteiger partial charge in [-0.05, 0) is 47.2 Å². The molecule has 1 atom stereocenters. The van der Waals surface area contributed by atoms with E-state index in [2.05, 4.69) is 58.7 Å². The quantitative estimate of drug-likeness (QED) is 0.734. The Hall–Kier alpha value is -0.180. The van der Waals surface area contributed by atoms with Crippen molar-refractivity contribution >= 4 is 32.6 Å². The van der Waals surface area contributed by atoms with Crippen molar-refractivity contribution in [3.63, 3.8) is 0 Å². The van der Waals surface area contributed by atoms with Gasteiger partial charge >= 0.3 is 0 Å². The normalized spacial score (nSPS) is 22.6. The first-order valence-corrected chi connectivity index (χ1v) is 9.22. The van der Waals surface area contributed by atoms with Gasteiger partial charge in [-0.15, -0.1) is 0 Å². The first-order chi connectivity index (χ1) is 8.86. The van der Waals surface area contributed by atoms with Gasteiger partial charge in [0, 0.05) is 35.8 Å². The van der Waals surface area contributed by atoms with E-state index in [0.29, 0.717) is 13.1 Å². The molecular formula is C13H19IN2O2S. The Morgan fingerprint density at radius 2 is 2.11 bits per heavy atom. The van der Waals surface area contributed by atoms with Gasteiger partial charge < -0.3 is 0 Å². The Labute approximate surface area is 129 Å². The summed E-state index contributed by atoms with van der Waals surface area (Å²) in [6.45, 7) is 4.94. The summed E-state index contributed by atoms with van der Waals surface area (Å²) in [6, 6.07) is 8.69. The summed E-state index contributed by atoms with van der Waals surface area (Å²) < 4.78 is 25.9. The largest absolute Gasteiger partial charge is 0.294 e. The molecule has 1 aromatic rings. The summed E-state index contributed by atoms with van der Waals surface area (Å²) >= 11 is 2.31. The second-order valence-corrected chi connectivity index (χ2v) is 8.30. The highest BCUT2D eigenvalue weighted by molar-refractivity contribution is 14.1. The number of hydrogen-bond donors (Lipinski definition) is 0. The number of sulfonamides is 1. The van der Waals surface area contributed by atoms with Crippen LogP contribution in [0.1, 0.15) is 12.5 Å². The average molecular weight is 394 g/mol. The van der Waals surface area contributed by atoms with Crippen LogP contribution in [0.3, 0.4) is 0 Å². The maximum absolute atomic E-state index is 11.5. The zero-order valence-corrected chi connectivity index (χ0v) is 14.2. The minimum Gasteiger partial charge on any atom is -0.294 e. The van der Waals surface area contributed by atoms with Gasteiger partial charge in [0.2, 0.25) is 10.0 Å². The molecule has 0 saturated carbocycles. The predicted molar refractivity (Wildman–Crippen MR) is 85.4 cm³/mol. The lowest BCUT2D eigenvalue weighted by molar-refractivity contribution is 0.122.